The van der Waals surface area contributed by atoms with Crippen molar-refractivity contribution in [2.45, 2.75) is 39.8 Å². The van der Waals surface area contributed by atoms with E-state index in [0.717, 1.165) is 0 Å². The summed E-state index contributed by atoms with van der Waals surface area (Å²) in [5, 5.41) is 5.71. The molecular formula is C11H18N2OS. The van der Waals surface area contributed by atoms with Crippen molar-refractivity contribution in [2.24, 2.45) is 0 Å². The van der Waals surface area contributed by atoms with Crippen molar-refractivity contribution in [1.82, 2.24) is 10.6 Å². The molecule has 0 aromatic carbocycles. The lowest BCUT2D eigenvalue weighted by Gasteiger charge is -2.14. The van der Waals surface area contributed by atoms with Gasteiger partial charge in [0.05, 0.1) is 6.04 Å². The third kappa shape index (κ3) is 3.91. The van der Waals surface area contributed by atoms with Crippen LogP contribution in [0.1, 0.15) is 36.6 Å². The lowest BCUT2D eigenvalue weighted by Crippen LogP contribution is -2.40. The highest BCUT2D eigenvalue weighted by Crippen LogP contribution is 2.21. The zero-order valence-corrected chi connectivity index (χ0v) is 10.4. The maximum absolute atomic E-state index is 11.4. The summed E-state index contributed by atoms with van der Waals surface area (Å²) in [5.74, 6) is 0. The predicted molar refractivity (Wildman–Crippen MR) is 64.3 cm³/mol. The average Bonchev–Trinajstić information content (AvgIpc) is 2.49. The number of thiophene rings is 1. The Bertz CT molecular complexity index is 333. The Morgan fingerprint density at radius 1 is 1.27 bits per heavy atom. The molecule has 1 heterocycles. The number of hydrogen-bond acceptors (Lipinski definition) is 2. The molecule has 0 aliphatic carbocycles. The molecule has 84 valence electrons. The number of hydrogen-bond donors (Lipinski definition) is 2. The second kappa shape index (κ2) is 5.16. The molecule has 2 amide bonds. The fourth-order valence-corrected chi connectivity index (χ4v) is 2.14. The molecule has 2 N–H and O–H groups in total. The molecule has 0 aliphatic rings. The SMILES string of the molecule is Cc1ccc(C(C)NC(=O)NC(C)C)s1. The second-order valence-corrected chi connectivity index (χ2v) is 5.26. The zero-order valence-electron chi connectivity index (χ0n) is 9.63. The minimum Gasteiger partial charge on any atom is -0.336 e. The number of rotatable bonds is 3. The van der Waals surface area contributed by atoms with Gasteiger partial charge in [-0.25, -0.2) is 4.79 Å². The van der Waals surface area contributed by atoms with Gasteiger partial charge in [0.25, 0.3) is 0 Å². The fraction of sp³-hybridized carbons (Fsp3) is 0.545. The van der Waals surface area contributed by atoms with E-state index >= 15 is 0 Å². The van der Waals surface area contributed by atoms with Gasteiger partial charge >= 0.3 is 6.03 Å². The van der Waals surface area contributed by atoms with Crippen LogP contribution in [0.5, 0.6) is 0 Å². The summed E-state index contributed by atoms with van der Waals surface area (Å²) in [6.07, 6.45) is 0. The molecule has 1 aromatic heterocycles. The van der Waals surface area contributed by atoms with Crippen LogP contribution in [0.4, 0.5) is 4.79 Å². The highest BCUT2D eigenvalue weighted by atomic mass is 32.1. The van der Waals surface area contributed by atoms with E-state index < -0.39 is 0 Å². The minimum absolute atomic E-state index is 0.0717. The van der Waals surface area contributed by atoms with Crippen LogP contribution in [-0.4, -0.2) is 12.1 Å². The maximum atomic E-state index is 11.4. The quantitative estimate of drug-likeness (QED) is 0.817. The number of carbonyl (C=O) groups excluding carboxylic acids is 1. The largest absolute Gasteiger partial charge is 0.336 e. The van der Waals surface area contributed by atoms with Gasteiger partial charge in [-0.15, -0.1) is 11.3 Å². The molecule has 15 heavy (non-hydrogen) atoms. The molecule has 0 radical (unpaired) electrons. The zero-order chi connectivity index (χ0) is 11.4. The number of carbonyl (C=O) groups is 1. The Balaban J connectivity index is 2.48. The molecule has 1 atom stereocenters. The highest BCUT2D eigenvalue weighted by Gasteiger charge is 2.11. The van der Waals surface area contributed by atoms with Gasteiger partial charge in [0.15, 0.2) is 0 Å². The van der Waals surface area contributed by atoms with Crippen LogP contribution in [0.3, 0.4) is 0 Å². The third-order valence-electron chi connectivity index (χ3n) is 1.96. The fourth-order valence-electron chi connectivity index (χ4n) is 1.26. The van der Waals surface area contributed by atoms with Gasteiger partial charge in [0, 0.05) is 15.8 Å². The normalized spacial score (nSPS) is 12.6. The molecule has 1 unspecified atom stereocenters. The van der Waals surface area contributed by atoms with Crippen molar-refractivity contribution < 1.29 is 4.79 Å². The van der Waals surface area contributed by atoms with E-state index in [0.29, 0.717) is 0 Å². The first-order valence-corrected chi connectivity index (χ1v) is 5.94. The monoisotopic (exact) mass is 226 g/mol. The van der Waals surface area contributed by atoms with Crippen LogP contribution in [-0.2, 0) is 0 Å². The lowest BCUT2D eigenvalue weighted by molar-refractivity contribution is 0.235. The predicted octanol–water partition coefficient (Wildman–Crippen LogP) is 2.83. The molecule has 0 fully saturated rings. The summed E-state index contributed by atoms with van der Waals surface area (Å²) in [7, 11) is 0. The van der Waals surface area contributed by atoms with Gasteiger partial charge in [-0.05, 0) is 39.8 Å². The maximum Gasteiger partial charge on any atom is 0.315 e. The molecule has 3 nitrogen and oxygen atoms in total. The van der Waals surface area contributed by atoms with Gasteiger partial charge in [-0.2, -0.15) is 0 Å². The van der Waals surface area contributed by atoms with Crippen molar-refractivity contribution >= 4 is 17.4 Å². The van der Waals surface area contributed by atoms with Crippen LogP contribution < -0.4 is 10.6 Å². The first kappa shape index (κ1) is 12.0. The van der Waals surface area contributed by atoms with E-state index in [1.165, 1.54) is 9.75 Å². The first-order chi connectivity index (χ1) is 6.99. The molecule has 0 saturated carbocycles. The Hall–Kier alpha value is -1.03. The minimum atomic E-state index is -0.108. The highest BCUT2D eigenvalue weighted by molar-refractivity contribution is 7.12. The molecule has 0 saturated heterocycles. The van der Waals surface area contributed by atoms with Crippen molar-refractivity contribution in [2.75, 3.05) is 0 Å². The molecular weight excluding hydrogens is 208 g/mol. The number of aryl methyl sites for hydroxylation is 1. The topological polar surface area (TPSA) is 41.1 Å². The van der Waals surface area contributed by atoms with E-state index in [1.54, 1.807) is 11.3 Å². The molecule has 0 spiro atoms. The Kier molecular flexibility index (Phi) is 4.15. The van der Waals surface area contributed by atoms with Crippen molar-refractivity contribution in [3.63, 3.8) is 0 Å². The average molecular weight is 226 g/mol. The number of nitrogens with one attached hydrogen (secondary N) is 2. The number of amides is 2. The van der Waals surface area contributed by atoms with Gasteiger partial charge < -0.3 is 10.6 Å². The molecule has 1 rings (SSSR count). The van der Waals surface area contributed by atoms with Crippen LogP contribution in [0, 0.1) is 6.92 Å². The Morgan fingerprint density at radius 3 is 2.40 bits per heavy atom. The summed E-state index contributed by atoms with van der Waals surface area (Å²) < 4.78 is 0. The van der Waals surface area contributed by atoms with E-state index in [-0.39, 0.29) is 18.1 Å². The van der Waals surface area contributed by atoms with Gasteiger partial charge in [-0.3, -0.25) is 0 Å². The Labute approximate surface area is 94.9 Å². The summed E-state index contributed by atoms with van der Waals surface area (Å²) >= 11 is 1.71. The summed E-state index contributed by atoms with van der Waals surface area (Å²) in [6, 6.07) is 4.26. The van der Waals surface area contributed by atoms with E-state index in [4.69, 9.17) is 0 Å². The molecule has 0 aliphatic heterocycles. The van der Waals surface area contributed by atoms with Crippen molar-refractivity contribution in [1.29, 1.82) is 0 Å². The standard InChI is InChI=1S/C11H18N2OS/c1-7(2)12-11(14)13-9(4)10-6-5-8(3)15-10/h5-7,9H,1-4H3,(H2,12,13,14). The van der Waals surface area contributed by atoms with Gasteiger partial charge in [-0.1, -0.05) is 0 Å². The van der Waals surface area contributed by atoms with Crippen LogP contribution in [0.25, 0.3) is 0 Å². The van der Waals surface area contributed by atoms with Crippen LogP contribution >= 0.6 is 11.3 Å². The van der Waals surface area contributed by atoms with Gasteiger partial charge in [0.2, 0.25) is 0 Å². The first-order valence-electron chi connectivity index (χ1n) is 5.12. The number of urea groups is 1. The van der Waals surface area contributed by atoms with Crippen molar-refractivity contribution in [3.05, 3.63) is 21.9 Å². The van der Waals surface area contributed by atoms with E-state index in [9.17, 15) is 4.79 Å². The van der Waals surface area contributed by atoms with Crippen molar-refractivity contribution in [3.8, 4) is 0 Å². The molecule has 1 aromatic rings. The van der Waals surface area contributed by atoms with E-state index in [2.05, 4.69) is 29.7 Å². The Morgan fingerprint density at radius 2 is 1.93 bits per heavy atom. The second-order valence-electron chi connectivity index (χ2n) is 3.94. The van der Waals surface area contributed by atoms with Crippen LogP contribution in [0.2, 0.25) is 0 Å². The summed E-state index contributed by atoms with van der Waals surface area (Å²) in [6.45, 7) is 7.94. The van der Waals surface area contributed by atoms with Gasteiger partial charge in [0.1, 0.15) is 0 Å². The lowest BCUT2D eigenvalue weighted by atomic mass is 10.3. The molecule has 0 bridgehead atoms. The van der Waals surface area contributed by atoms with Crippen LogP contribution in [0.15, 0.2) is 12.1 Å². The molecule has 4 heteroatoms. The smallest absolute Gasteiger partial charge is 0.315 e. The third-order valence-corrected chi connectivity index (χ3v) is 3.14. The summed E-state index contributed by atoms with van der Waals surface area (Å²) in [4.78, 5) is 13.9. The van der Waals surface area contributed by atoms with E-state index in [1.807, 2.05) is 20.8 Å². The summed E-state index contributed by atoms with van der Waals surface area (Å²) in [5.41, 5.74) is 0.